The van der Waals surface area contributed by atoms with Crippen molar-refractivity contribution < 1.29 is 0 Å². The smallest absolute Gasteiger partial charge is 0.0534 e. The quantitative estimate of drug-likeness (QED) is 0.707. The summed E-state index contributed by atoms with van der Waals surface area (Å²) < 4.78 is 1.86. The summed E-state index contributed by atoms with van der Waals surface area (Å²) in [6.07, 6.45) is 10.4. The van der Waals surface area contributed by atoms with Crippen LogP contribution in [0.4, 0.5) is 0 Å². The second-order valence-electron chi connectivity index (χ2n) is 5.63. The van der Waals surface area contributed by atoms with Gasteiger partial charge in [0.1, 0.15) is 0 Å². The zero-order chi connectivity index (χ0) is 14.1. The molecule has 0 saturated heterocycles. The highest BCUT2D eigenvalue weighted by Gasteiger charge is 2.08. The Bertz CT molecular complexity index is 329. The first kappa shape index (κ1) is 16.2. The van der Waals surface area contributed by atoms with Gasteiger partial charge in [-0.2, -0.15) is 5.10 Å². The normalized spacial score (nSPS) is 13.1. The van der Waals surface area contributed by atoms with E-state index < -0.39 is 0 Å². The van der Waals surface area contributed by atoms with Gasteiger partial charge in [-0.15, -0.1) is 0 Å². The molecule has 1 atom stereocenters. The molecule has 0 aliphatic heterocycles. The van der Waals surface area contributed by atoms with Gasteiger partial charge in [0.15, 0.2) is 0 Å². The van der Waals surface area contributed by atoms with Gasteiger partial charge in [0.05, 0.1) is 6.20 Å². The van der Waals surface area contributed by atoms with Crippen LogP contribution in [0.2, 0.25) is 0 Å². The summed E-state index contributed by atoms with van der Waals surface area (Å²) in [5, 5.41) is 4.20. The third-order valence-electron chi connectivity index (χ3n) is 3.63. The van der Waals surface area contributed by atoms with Crippen LogP contribution in [-0.4, -0.2) is 34.8 Å². The summed E-state index contributed by atoms with van der Waals surface area (Å²) in [5.74, 6) is 0.821. The van der Waals surface area contributed by atoms with E-state index in [1.165, 1.54) is 37.7 Å². The van der Waals surface area contributed by atoms with Crippen LogP contribution in [-0.2, 0) is 13.6 Å². The first-order valence-electron chi connectivity index (χ1n) is 7.51. The highest BCUT2D eigenvalue weighted by atomic mass is 15.2. The van der Waals surface area contributed by atoms with Gasteiger partial charge in [0.2, 0.25) is 0 Å². The number of hydrogen-bond donors (Lipinski definition) is 1. The maximum atomic E-state index is 5.68. The number of nitrogens with zero attached hydrogens (tertiary/aromatic N) is 3. The average Bonchev–Trinajstić information content (AvgIpc) is 2.75. The average molecular weight is 266 g/mol. The van der Waals surface area contributed by atoms with Gasteiger partial charge in [0, 0.05) is 25.4 Å². The van der Waals surface area contributed by atoms with Gasteiger partial charge in [-0.05, 0) is 45.3 Å². The zero-order valence-corrected chi connectivity index (χ0v) is 12.8. The van der Waals surface area contributed by atoms with Crippen LogP contribution >= 0.6 is 0 Å². The largest absolute Gasteiger partial charge is 0.330 e. The Morgan fingerprint density at radius 3 is 2.74 bits per heavy atom. The lowest BCUT2D eigenvalue weighted by molar-refractivity contribution is 0.298. The van der Waals surface area contributed by atoms with Crippen LogP contribution in [0.1, 0.15) is 44.6 Å². The summed E-state index contributed by atoms with van der Waals surface area (Å²) in [6.45, 7) is 5.23. The first-order valence-corrected chi connectivity index (χ1v) is 7.51. The van der Waals surface area contributed by atoms with Crippen LogP contribution < -0.4 is 5.73 Å². The minimum absolute atomic E-state index is 0.821. The van der Waals surface area contributed by atoms with E-state index in [0.717, 1.165) is 25.6 Å². The fraction of sp³-hybridized carbons (Fsp3) is 0.800. The van der Waals surface area contributed by atoms with E-state index in [9.17, 15) is 0 Å². The van der Waals surface area contributed by atoms with Crippen molar-refractivity contribution in [1.82, 2.24) is 14.7 Å². The minimum atomic E-state index is 0.821. The molecule has 19 heavy (non-hydrogen) atoms. The van der Waals surface area contributed by atoms with Crippen LogP contribution in [0, 0.1) is 5.92 Å². The third kappa shape index (κ3) is 6.73. The third-order valence-corrected chi connectivity index (χ3v) is 3.63. The van der Waals surface area contributed by atoms with Gasteiger partial charge < -0.3 is 10.6 Å². The van der Waals surface area contributed by atoms with Gasteiger partial charge in [-0.3, -0.25) is 4.68 Å². The van der Waals surface area contributed by atoms with E-state index in [4.69, 9.17) is 5.73 Å². The SMILES string of the molecule is CCCC(CCN)CCCN(C)Cc1cnn(C)c1. The van der Waals surface area contributed by atoms with Gasteiger partial charge in [-0.1, -0.05) is 19.8 Å². The predicted molar refractivity (Wildman–Crippen MR) is 80.8 cm³/mol. The van der Waals surface area contributed by atoms with E-state index in [1.807, 2.05) is 17.9 Å². The molecule has 0 aliphatic rings. The Balaban J connectivity index is 2.20. The molecule has 0 fully saturated rings. The van der Waals surface area contributed by atoms with Crippen LogP contribution in [0.5, 0.6) is 0 Å². The van der Waals surface area contributed by atoms with E-state index in [-0.39, 0.29) is 0 Å². The van der Waals surface area contributed by atoms with Gasteiger partial charge in [-0.25, -0.2) is 0 Å². The molecule has 0 radical (unpaired) electrons. The number of nitrogens with two attached hydrogens (primary N) is 1. The maximum absolute atomic E-state index is 5.68. The Hall–Kier alpha value is -0.870. The molecule has 1 heterocycles. The van der Waals surface area contributed by atoms with Crippen molar-refractivity contribution in [2.45, 2.75) is 45.6 Å². The topological polar surface area (TPSA) is 47.1 Å². The second kappa shape index (κ2) is 9.10. The van der Waals surface area contributed by atoms with Crippen LogP contribution in [0.25, 0.3) is 0 Å². The van der Waals surface area contributed by atoms with E-state index in [0.29, 0.717) is 0 Å². The molecular formula is C15H30N4. The van der Waals surface area contributed by atoms with Crippen molar-refractivity contribution in [3.63, 3.8) is 0 Å². The summed E-state index contributed by atoms with van der Waals surface area (Å²) >= 11 is 0. The van der Waals surface area contributed by atoms with Crippen molar-refractivity contribution in [1.29, 1.82) is 0 Å². The lowest BCUT2D eigenvalue weighted by Crippen LogP contribution is -2.20. The summed E-state index contributed by atoms with van der Waals surface area (Å²) in [7, 11) is 4.15. The number of rotatable bonds is 10. The van der Waals surface area contributed by atoms with Gasteiger partial charge >= 0.3 is 0 Å². The molecule has 0 saturated carbocycles. The Morgan fingerprint density at radius 1 is 1.37 bits per heavy atom. The lowest BCUT2D eigenvalue weighted by atomic mass is 9.94. The summed E-state index contributed by atoms with van der Waals surface area (Å²) in [4.78, 5) is 2.38. The maximum Gasteiger partial charge on any atom is 0.0534 e. The highest BCUT2D eigenvalue weighted by molar-refractivity contribution is 5.02. The summed E-state index contributed by atoms with van der Waals surface area (Å²) in [6, 6.07) is 0. The number of aromatic nitrogens is 2. The molecule has 0 bridgehead atoms. The molecule has 0 amide bonds. The molecular weight excluding hydrogens is 236 g/mol. The molecule has 2 N–H and O–H groups in total. The standard InChI is InChI=1S/C15H30N4/c1-4-6-14(8-9-16)7-5-10-18(2)12-15-11-17-19(3)13-15/h11,13-14H,4-10,12,16H2,1-3H3. The van der Waals surface area contributed by atoms with Crippen molar-refractivity contribution in [3.05, 3.63) is 18.0 Å². The fourth-order valence-electron chi connectivity index (χ4n) is 2.67. The molecule has 4 heteroatoms. The molecule has 0 spiro atoms. The van der Waals surface area contributed by atoms with Crippen LogP contribution in [0.3, 0.4) is 0 Å². The molecule has 4 nitrogen and oxygen atoms in total. The van der Waals surface area contributed by atoms with E-state index in [1.54, 1.807) is 0 Å². The monoisotopic (exact) mass is 266 g/mol. The molecule has 1 aromatic heterocycles. The molecule has 0 aliphatic carbocycles. The van der Waals surface area contributed by atoms with E-state index >= 15 is 0 Å². The van der Waals surface area contributed by atoms with Crippen molar-refractivity contribution in [2.24, 2.45) is 18.7 Å². The molecule has 1 unspecified atom stereocenters. The van der Waals surface area contributed by atoms with E-state index in [2.05, 4.69) is 30.2 Å². The van der Waals surface area contributed by atoms with Crippen LogP contribution in [0.15, 0.2) is 12.4 Å². The van der Waals surface area contributed by atoms with Crippen molar-refractivity contribution in [3.8, 4) is 0 Å². The molecule has 110 valence electrons. The Morgan fingerprint density at radius 2 is 2.16 bits per heavy atom. The highest BCUT2D eigenvalue weighted by Crippen LogP contribution is 2.17. The molecule has 1 aromatic rings. The first-order chi connectivity index (χ1) is 9.15. The molecule has 0 aromatic carbocycles. The summed E-state index contributed by atoms with van der Waals surface area (Å²) in [5.41, 5.74) is 6.96. The lowest BCUT2D eigenvalue weighted by Gasteiger charge is -2.19. The second-order valence-corrected chi connectivity index (χ2v) is 5.63. The van der Waals surface area contributed by atoms with Crippen molar-refractivity contribution >= 4 is 0 Å². The minimum Gasteiger partial charge on any atom is -0.330 e. The molecule has 1 rings (SSSR count). The number of hydrogen-bond acceptors (Lipinski definition) is 3. The number of aryl methyl sites for hydroxylation is 1. The Labute approximate surface area is 118 Å². The van der Waals surface area contributed by atoms with Crippen molar-refractivity contribution in [2.75, 3.05) is 20.1 Å². The zero-order valence-electron chi connectivity index (χ0n) is 12.8. The fourth-order valence-corrected chi connectivity index (χ4v) is 2.67. The van der Waals surface area contributed by atoms with Gasteiger partial charge in [0.25, 0.3) is 0 Å². The predicted octanol–water partition coefficient (Wildman–Crippen LogP) is 2.40. The Kier molecular flexibility index (Phi) is 7.75.